The maximum absolute atomic E-state index is 13.5. The maximum atomic E-state index is 13.5. The number of hydrogen-bond acceptors (Lipinski definition) is 5. The largest absolute Gasteiger partial charge is 0.440 e. The molecule has 0 amide bonds. The molecule has 0 atom stereocenters. The number of rotatable bonds is 3. The van der Waals surface area contributed by atoms with E-state index in [1.54, 1.807) is 36.4 Å². The van der Waals surface area contributed by atoms with Crippen molar-refractivity contribution in [1.82, 2.24) is 9.61 Å². The third kappa shape index (κ3) is 3.16. The minimum atomic E-state index is -3.28. The zero-order valence-electron chi connectivity index (χ0n) is 15.6. The van der Waals surface area contributed by atoms with E-state index < -0.39 is 9.84 Å². The zero-order chi connectivity index (χ0) is 20.2. The van der Waals surface area contributed by atoms with Crippen LogP contribution in [-0.2, 0) is 22.0 Å². The molecular formula is C21H17FN2O3S2. The zero-order valence-corrected chi connectivity index (χ0v) is 17.2. The van der Waals surface area contributed by atoms with Crippen LogP contribution in [0.1, 0.15) is 11.5 Å². The summed E-state index contributed by atoms with van der Waals surface area (Å²) in [6.45, 7) is 0. The van der Waals surface area contributed by atoms with E-state index in [2.05, 4.69) is 0 Å². The van der Waals surface area contributed by atoms with Gasteiger partial charge in [0, 0.05) is 18.2 Å². The molecule has 4 aromatic rings. The van der Waals surface area contributed by atoms with Crippen LogP contribution in [0.5, 0.6) is 0 Å². The summed E-state index contributed by atoms with van der Waals surface area (Å²) in [5.74, 6) is 2.42. The fourth-order valence-electron chi connectivity index (χ4n) is 3.60. The van der Waals surface area contributed by atoms with Crippen molar-refractivity contribution in [3.63, 3.8) is 0 Å². The molecule has 0 saturated carbocycles. The summed E-state index contributed by atoms with van der Waals surface area (Å²) in [5, 5.41) is 4.82. The monoisotopic (exact) mass is 428 g/mol. The summed E-state index contributed by atoms with van der Waals surface area (Å²) in [5.41, 5.74) is 4.71. The minimum Gasteiger partial charge on any atom is -0.440 e. The van der Waals surface area contributed by atoms with Gasteiger partial charge in [-0.25, -0.2) is 17.3 Å². The lowest BCUT2D eigenvalue weighted by molar-refractivity contribution is 0.564. The molecule has 0 bridgehead atoms. The number of aryl methyl sites for hydroxylation is 1. The molecular weight excluding hydrogens is 411 g/mol. The highest BCUT2D eigenvalue weighted by molar-refractivity contribution is 7.98. The summed E-state index contributed by atoms with van der Waals surface area (Å²) in [7, 11) is -3.28. The topological polar surface area (TPSA) is 64.6 Å². The van der Waals surface area contributed by atoms with Crippen molar-refractivity contribution in [3.05, 3.63) is 65.8 Å². The van der Waals surface area contributed by atoms with E-state index in [0.717, 1.165) is 46.1 Å². The van der Waals surface area contributed by atoms with Gasteiger partial charge in [0.25, 0.3) is 0 Å². The first-order chi connectivity index (χ1) is 13.9. The molecule has 0 spiro atoms. The molecule has 0 saturated heterocycles. The van der Waals surface area contributed by atoms with E-state index in [4.69, 9.17) is 9.52 Å². The molecule has 5 nitrogen and oxygen atoms in total. The van der Waals surface area contributed by atoms with Crippen molar-refractivity contribution in [1.29, 1.82) is 0 Å². The highest BCUT2D eigenvalue weighted by atomic mass is 32.2. The normalized spacial score (nSPS) is 14.3. The van der Waals surface area contributed by atoms with Gasteiger partial charge in [0.1, 0.15) is 17.3 Å². The second kappa shape index (κ2) is 6.74. The molecule has 8 heteroatoms. The Morgan fingerprint density at radius 3 is 2.45 bits per heavy atom. The van der Waals surface area contributed by atoms with Crippen LogP contribution >= 0.6 is 11.8 Å². The number of nitrogens with zero attached hydrogens (tertiary/aromatic N) is 2. The van der Waals surface area contributed by atoms with Crippen LogP contribution in [0.3, 0.4) is 0 Å². The predicted octanol–water partition coefficient (Wildman–Crippen LogP) is 4.59. The molecule has 29 heavy (non-hydrogen) atoms. The second-order valence-electron chi connectivity index (χ2n) is 7.02. The molecule has 1 aliphatic rings. The first kappa shape index (κ1) is 18.4. The smallest absolute Gasteiger partial charge is 0.230 e. The maximum Gasteiger partial charge on any atom is 0.230 e. The fourth-order valence-corrected chi connectivity index (χ4v) is 5.13. The minimum absolute atomic E-state index is 0.252. The van der Waals surface area contributed by atoms with E-state index in [-0.39, 0.29) is 10.7 Å². The van der Waals surface area contributed by atoms with Crippen LogP contribution in [0.4, 0.5) is 4.39 Å². The Kier molecular flexibility index (Phi) is 4.29. The summed E-state index contributed by atoms with van der Waals surface area (Å²) in [4.78, 5) is 0.252. The van der Waals surface area contributed by atoms with Crippen LogP contribution in [-0.4, -0.2) is 30.0 Å². The van der Waals surface area contributed by atoms with E-state index in [0.29, 0.717) is 11.4 Å². The third-order valence-electron chi connectivity index (χ3n) is 5.05. The van der Waals surface area contributed by atoms with Crippen molar-refractivity contribution in [2.45, 2.75) is 17.1 Å². The van der Waals surface area contributed by atoms with Gasteiger partial charge in [-0.3, -0.25) is 0 Å². The molecule has 2 aromatic carbocycles. The van der Waals surface area contributed by atoms with Crippen LogP contribution in [0.2, 0.25) is 0 Å². The van der Waals surface area contributed by atoms with Crippen molar-refractivity contribution in [2.75, 3.05) is 12.0 Å². The predicted molar refractivity (Wildman–Crippen MR) is 111 cm³/mol. The number of fused-ring (bicyclic) bond motifs is 3. The number of halogens is 1. The van der Waals surface area contributed by atoms with Crippen molar-refractivity contribution >= 4 is 27.3 Å². The lowest BCUT2D eigenvalue weighted by atomic mass is 10.0. The van der Waals surface area contributed by atoms with E-state index >= 15 is 0 Å². The number of sulfone groups is 1. The molecule has 0 unspecified atom stereocenters. The average Bonchev–Trinajstić information content (AvgIpc) is 3.24. The number of benzene rings is 2. The average molecular weight is 429 g/mol. The van der Waals surface area contributed by atoms with Crippen molar-refractivity contribution < 1.29 is 17.2 Å². The number of oxazole rings is 1. The Morgan fingerprint density at radius 1 is 1.07 bits per heavy atom. The SMILES string of the molecule is CS(=O)(=O)c1ccc(-c2nn3c4c(oc3c2-c2ccc(F)cc2)CSCC4)cc1. The highest BCUT2D eigenvalue weighted by Crippen LogP contribution is 2.39. The quantitative estimate of drug-likeness (QED) is 0.477. The van der Waals surface area contributed by atoms with Gasteiger partial charge in [0.2, 0.25) is 5.71 Å². The molecule has 0 aliphatic carbocycles. The Morgan fingerprint density at radius 2 is 1.76 bits per heavy atom. The van der Waals surface area contributed by atoms with Gasteiger partial charge in [-0.1, -0.05) is 24.3 Å². The van der Waals surface area contributed by atoms with Gasteiger partial charge in [-0.2, -0.15) is 16.9 Å². The standard InChI is InChI=1S/C21H17FN2O3S2/c1-29(25,26)16-8-4-14(5-9-16)20-19(13-2-6-15(22)7-3-13)21-24(23-20)17-10-11-28-12-18(17)27-21/h2-9H,10-12H2,1H3. The van der Waals surface area contributed by atoms with Crippen molar-refractivity contribution in [3.8, 4) is 22.4 Å². The number of aromatic nitrogens is 2. The van der Waals surface area contributed by atoms with E-state index in [1.807, 2.05) is 16.3 Å². The van der Waals surface area contributed by atoms with Crippen molar-refractivity contribution in [2.24, 2.45) is 0 Å². The lowest BCUT2D eigenvalue weighted by Crippen LogP contribution is -2.04. The molecule has 0 N–H and O–H groups in total. The Balaban J connectivity index is 1.75. The molecule has 0 fully saturated rings. The Hall–Kier alpha value is -2.58. The van der Waals surface area contributed by atoms with Gasteiger partial charge in [0.15, 0.2) is 9.84 Å². The summed E-state index contributed by atoms with van der Waals surface area (Å²) >= 11 is 1.82. The highest BCUT2D eigenvalue weighted by Gasteiger charge is 2.26. The summed E-state index contributed by atoms with van der Waals surface area (Å²) < 4.78 is 45.1. The number of hydrogen-bond donors (Lipinski definition) is 0. The molecule has 1 aliphatic heterocycles. The molecule has 0 radical (unpaired) electrons. The molecule has 148 valence electrons. The van der Waals surface area contributed by atoms with E-state index in [9.17, 15) is 12.8 Å². The second-order valence-corrected chi connectivity index (χ2v) is 10.1. The van der Waals surface area contributed by atoms with Crippen LogP contribution in [0.15, 0.2) is 57.8 Å². The van der Waals surface area contributed by atoms with Crippen LogP contribution in [0.25, 0.3) is 28.1 Å². The lowest BCUT2D eigenvalue weighted by Gasteiger charge is -2.08. The first-order valence-corrected chi connectivity index (χ1v) is 12.1. The van der Waals surface area contributed by atoms with Gasteiger partial charge in [-0.15, -0.1) is 0 Å². The first-order valence-electron chi connectivity index (χ1n) is 9.09. The molecule has 2 aromatic heterocycles. The Bertz CT molecular complexity index is 1320. The fraction of sp³-hybridized carbons (Fsp3) is 0.190. The van der Waals surface area contributed by atoms with Crippen LogP contribution in [0, 0.1) is 5.82 Å². The van der Waals surface area contributed by atoms with Gasteiger partial charge in [0.05, 0.1) is 21.9 Å². The van der Waals surface area contributed by atoms with Gasteiger partial charge in [-0.05, 0) is 35.6 Å². The third-order valence-corrected chi connectivity index (χ3v) is 7.13. The molecule has 5 rings (SSSR count). The summed E-state index contributed by atoms with van der Waals surface area (Å²) in [6.07, 6.45) is 2.05. The molecule has 3 heterocycles. The Labute approximate surface area is 171 Å². The number of thioether (sulfide) groups is 1. The van der Waals surface area contributed by atoms with Crippen LogP contribution < -0.4 is 0 Å². The summed E-state index contributed by atoms with van der Waals surface area (Å²) in [6, 6.07) is 12.9. The van der Waals surface area contributed by atoms with Gasteiger partial charge >= 0.3 is 0 Å². The van der Waals surface area contributed by atoms with Gasteiger partial charge < -0.3 is 4.42 Å². The van der Waals surface area contributed by atoms with E-state index in [1.165, 1.54) is 18.4 Å².